The molecule has 1 heterocycles. The van der Waals surface area contributed by atoms with E-state index in [0.717, 1.165) is 18.7 Å². The summed E-state index contributed by atoms with van der Waals surface area (Å²) < 4.78 is 1.92. The second kappa shape index (κ2) is 3.35. The van der Waals surface area contributed by atoms with Crippen LogP contribution in [0.1, 0.15) is 24.1 Å². The van der Waals surface area contributed by atoms with Crippen molar-refractivity contribution in [3.63, 3.8) is 0 Å². The van der Waals surface area contributed by atoms with Crippen molar-refractivity contribution < 1.29 is 0 Å². The van der Waals surface area contributed by atoms with Crippen molar-refractivity contribution in [2.75, 3.05) is 5.73 Å². The van der Waals surface area contributed by atoms with Gasteiger partial charge in [0.2, 0.25) is 0 Å². The Hall–Kier alpha value is -0.700. The molecule has 68 valence electrons. The summed E-state index contributed by atoms with van der Waals surface area (Å²) in [5.41, 5.74) is 8.36. The number of hydrogen-bond acceptors (Lipinski definition) is 2. The van der Waals surface area contributed by atoms with Crippen LogP contribution < -0.4 is 5.73 Å². The van der Waals surface area contributed by atoms with E-state index in [1.165, 1.54) is 24.1 Å². The van der Waals surface area contributed by atoms with E-state index in [9.17, 15) is 0 Å². The highest BCUT2D eigenvalue weighted by atomic mass is 35.5. The fourth-order valence-corrected chi connectivity index (χ4v) is 1.80. The summed E-state index contributed by atoms with van der Waals surface area (Å²) in [6.45, 7) is 0. The Morgan fingerprint density at radius 3 is 2.67 bits per heavy atom. The first-order valence-corrected chi connectivity index (χ1v) is 4.09. The molecule has 3 nitrogen and oxygen atoms in total. The van der Waals surface area contributed by atoms with Crippen molar-refractivity contribution in [1.82, 2.24) is 9.78 Å². The molecule has 0 unspecified atom stereocenters. The van der Waals surface area contributed by atoms with Gasteiger partial charge < -0.3 is 5.73 Å². The highest BCUT2D eigenvalue weighted by molar-refractivity contribution is 5.85. The van der Waals surface area contributed by atoms with Crippen molar-refractivity contribution in [2.45, 2.75) is 25.7 Å². The summed E-state index contributed by atoms with van der Waals surface area (Å²) >= 11 is 0. The average molecular weight is 188 g/mol. The quantitative estimate of drug-likeness (QED) is 0.666. The van der Waals surface area contributed by atoms with E-state index in [-0.39, 0.29) is 12.4 Å². The monoisotopic (exact) mass is 187 g/mol. The zero-order valence-electron chi connectivity index (χ0n) is 7.21. The normalized spacial score (nSPS) is 15.1. The van der Waals surface area contributed by atoms with Crippen LogP contribution in [0.15, 0.2) is 0 Å². The van der Waals surface area contributed by atoms with Crippen LogP contribution in [0.3, 0.4) is 0 Å². The van der Waals surface area contributed by atoms with Crippen LogP contribution in [0.4, 0.5) is 5.82 Å². The zero-order valence-corrected chi connectivity index (χ0v) is 8.02. The molecule has 0 atom stereocenters. The van der Waals surface area contributed by atoms with E-state index < -0.39 is 0 Å². The Kier molecular flexibility index (Phi) is 2.62. The van der Waals surface area contributed by atoms with Gasteiger partial charge >= 0.3 is 0 Å². The fraction of sp³-hybridized carbons (Fsp3) is 0.625. The van der Waals surface area contributed by atoms with Gasteiger partial charge in [-0.2, -0.15) is 5.10 Å². The van der Waals surface area contributed by atoms with Crippen molar-refractivity contribution >= 4 is 18.2 Å². The maximum absolute atomic E-state index is 5.73. The second-order valence-electron chi connectivity index (χ2n) is 3.14. The van der Waals surface area contributed by atoms with E-state index in [1.807, 2.05) is 11.7 Å². The Balaban J connectivity index is 0.000000720. The average Bonchev–Trinajstić information content (AvgIpc) is 2.30. The van der Waals surface area contributed by atoms with Gasteiger partial charge in [-0.3, -0.25) is 4.68 Å². The maximum atomic E-state index is 5.73. The number of nitrogen functional groups attached to an aromatic ring is 1. The predicted molar refractivity (Wildman–Crippen MR) is 51.5 cm³/mol. The minimum Gasteiger partial charge on any atom is -0.382 e. The molecule has 0 spiro atoms. The Bertz CT molecular complexity index is 254. The minimum atomic E-state index is 0. The van der Waals surface area contributed by atoms with Crippen LogP contribution >= 0.6 is 12.4 Å². The molecule has 0 fully saturated rings. The summed E-state index contributed by atoms with van der Waals surface area (Å²) in [5.74, 6) is 0.738. The fourth-order valence-electron chi connectivity index (χ4n) is 1.80. The Morgan fingerprint density at radius 1 is 1.33 bits per heavy atom. The molecule has 0 radical (unpaired) electrons. The molecule has 2 N–H and O–H groups in total. The number of nitrogens with zero attached hydrogens (tertiary/aromatic N) is 2. The van der Waals surface area contributed by atoms with Gasteiger partial charge in [0.25, 0.3) is 0 Å². The molecular weight excluding hydrogens is 174 g/mol. The van der Waals surface area contributed by atoms with Crippen LogP contribution in [0.5, 0.6) is 0 Å². The van der Waals surface area contributed by atoms with Crippen molar-refractivity contribution in [2.24, 2.45) is 7.05 Å². The number of nitrogens with two attached hydrogens (primary N) is 1. The molecule has 2 rings (SSSR count). The van der Waals surface area contributed by atoms with E-state index in [0.29, 0.717) is 0 Å². The van der Waals surface area contributed by atoms with Crippen LogP contribution in [0.2, 0.25) is 0 Å². The summed E-state index contributed by atoms with van der Waals surface area (Å²) in [6, 6.07) is 0. The number of anilines is 1. The lowest BCUT2D eigenvalue weighted by Gasteiger charge is -2.11. The van der Waals surface area contributed by atoms with E-state index >= 15 is 0 Å². The van der Waals surface area contributed by atoms with Crippen LogP contribution in [-0.4, -0.2) is 9.78 Å². The van der Waals surface area contributed by atoms with Crippen molar-refractivity contribution in [3.05, 3.63) is 11.3 Å². The van der Waals surface area contributed by atoms with Crippen LogP contribution in [0.25, 0.3) is 0 Å². The summed E-state index contributed by atoms with van der Waals surface area (Å²) in [6.07, 6.45) is 4.82. The van der Waals surface area contributed by atoms with Crippen molar-refractivity contribution in [1.29, 1.82) is 0 Å². The van der Waals surface area contributed by atoms with Gasteiger partial charge in [-0.15, -0.1) is 12.4 Å². The molecular formula is C8H14ClN3. The third-order valence-electron chi connectivity index (χ3n) is 2.40. The highest BCUT2D eigenvalue weighted by Gasteiger charge is 2.16. The van der Waals surface area contributed by atoms with Crippen LogP contribution in [0, 0.1) is 0 Å². The Morgan fingerprint density at radius 2 is 2.00 bits per heavy atom. The molecule has 4 heteroatoms. The van der Waals surface area contributed by atoms with E-state index in [1.54, 1.807) is 0 Å². The molecule has 0 aliphatic heterocycles. The van der Waals surface area contributed by atoms with Crippen LogP contribution in [-0.2, 0) is 19.9 Å². The number of halogens is 1. The minimum absolute atomic E-state index is 0. The molecule has 0 amide bonds. The lowest BCUT2D eigenvalue weighted by Crippen LogP contribution is -2.05. The first kappa shape index (κ1) is 9.39. The molecule has 1 aromatic heterocycles. The first-order valence-electron chi connectivity index (χ1n) is 4.09. The summed E-state index contributed by atoms with van der Waals surface area (Å²) in [5, 5.41) is 4.19. The van der Waals surface area contributed by atoms with Gasteiger partial charge in [-0.05, 0) is 25.7 Å². The molecule has 0 saturated carbocycles. The van der Waals surface area contributed by atoms with Gasteiger partial charge in [0.05, 0.1) is 0 Å². The third kappa shape index (κ3) is 1.29. The first-order chi connectivity index (χ1) is 5.29. The highest BCUT2D eigenvalue weighted by Crippen LogP contribution is 2.24. The number of rotatable bonds is 0. The molecule has 1 aliphatic rings. The lowest BCUT2D eigenvalue weighted by atomic mass is 9.97. The van der Waals surface area contributed by atoms with Gasteiger partial charge in [0.1, 0.15) is 5.82 Å². The maximum Gasteiger partial charge on any atom is 0.148 e. The summed E-state index contributed by atoms with van der Waals surface area (Å²) in [7, 11) is 1.97. The standard InChI is InChI=1S/C8H13N3.ClH/c1-11-7-5-3-2-4-6(7)8(9)10-11;/h2-5H2,1H3,(H2,9,10);1H. The number of fused-ring (bicyclic) bond motifs is 1. The molecule has 1 aliphatic carbocycles. The zero-order chi connectivity index (χ0) is 7.84. The lowest BCUT2D eigenvalue weighted by molar-refractivity contribution is 0.626. The smallest absolute Gasteiger partial charge is 0.148 e. The number of aromatic nitrogens is 2. The predicted octanol–water partition coefficient (Wildman–Crippen LogP) is 1.30. The topological polar surface area (TPSA) is 43.8 Å². The number of aryl methyl sites for hydroxylation is 1. The Labute approximate surface area is 78.4 Å². The molecule has 1 aromatic rings. The van der Waals surface area contributed by atoms with Gasteiger partial charge in [0.15, 0.2) is 0 Å². The van der Waals surface area contributed by atoms with E-state index in [4.69, 9.17) is 5.73 Å². The molecule has 12 heavy (non-hydrogen) atoms. The number of hydrogen-bond donors (Lipinski definition) is 1. The third-order valence-corrected chi connectivity index (χ3v) is 2.40. The SMILES string of the molecule is Cl.Cn1nc(N)c2c1CCCC2. The largest absolute Gasteiger partial charge is 0.382 e. The second-order valence-corrected chi connectivity index (χ2v) is 3.14. The molecule has 0 saturated heterocycles. The molecule has 0 aromatic carbocycles. The van der Waals surface area contributed by atoms with Gasteiger partial charge in [-0.25, -0.2) is 0 Å². The van der Waals surface area contributed by atoms with E-state index in [2.05, 4.69) is 5.10 Å². The van der Waals surface area contributed by atoms with Gasteiger partial charge in [-0.1, -0.05) is 0 Å². The summed E-state index contributed by atoms with van der Waals surface area (Å²) in [4.78, 5) is 0. The molecule has 0 bridgehead atoms. The van der Waals surface area contributed by atoms with Crippen molar-refractivity contribution in [3.8, 4) is 0 Å². The van der Waals surface area contributed by atoms with Gasteiger partial charge in [0, 0.05) is 18.3 Å².